The molecule has 0 aromatic carbocycles. The summed E-state index contributed by atoms with van der Waals surface area (Å²) in [6.45, 7) is 0. The average molecular weight is 116 g/mol. The van der Waals surface area contributed by atoms with E-state index in [1.807, 2.05) is 0 Å². The molecule has 0 bridgehead atoms. The van der Waals surface area contributed by atoms with Crippen LogP contribution in [0.2, 0.25) is 0 Å². The van der Waals surface area contributed by atoms with E-state index in [0.29, 0.717) is 0 Å². The van der Waals surface area contributed by atoms with Gasteiger partial charge in [-0.2, -0.15) is 5.53 Å². The summed E-state index contributed by atoms with van der Waals surface area (Å²) in [5, 5.41) is 4.00. The fraction of sp³-hybridized carbons (Fsp3) is 0.667. The van der Waals surface area contributed by atoms with E-state index in [4.69, 9.17) is 5.53 Å². The van der Waals surface area contributed by atoms with Crippen molar-refractivity contribution in [2.45, 2.75) is 0 Å². The largest absolute Gasteiger partial charge is 0.373 e. The van der Waals surface area contributed by atoms with E-state index in [-0.39, 0.29) is 0 Å². The summed E-state index contributed by atoms with van der Waals surface area (Å²) in [6, 6.07) is -0.657. The molecule has 0 aromatic rings. The lowest BCUT2D eigenvalue weighted by molar-refractivity contribution is 0.219. The summed E-state index contributed by atoms with van der Waals surface area (Å²) in [5.74, 6) is 0. The minimum absolute atomic E-state index is 0.657. The number of rotatable bonds is 1. The molecular formula is C3H8N4O. The van der Waals surface area contributed by atoms with Crippen molar-refractivity contribution in [2.75, 3.05) is 14.1 Å². The molecule has 8 heavy (non-hydrogen) atoms. The van der Waals surface area contributed by atoms with Gasteiger partial charge in [-0.05, 0) is 0 Å². The van der Waals surface area contributed by atoms with Gasteiger partial charge >= 0.3 is 6.03 Å². The monoisotopic (exact) mass is 116 g/mol. The number of urea groups is 1. The van der Waals surface area contributed by atoms with Crippen LogP contribution in [0.4, 0.5) is 4.79 Å². The molecule has 46 valence electrons. The van der Waals surface area contributed by atoms with Gasteiger partial charge in [0.25, 0.3) is 0 Å². The Balaban J connectivity index is 3.39. The van der Waals surface area contributed by atoms with E-state index in [1.165, 1.54) is 5.01 Å². The Morgan fingerprint density at radius 3 is 2.38 bits per heavy atom. The Bertz CT molecular complexity index is 99.5. The fourth-order valence-corrected chi connectivity index (χ4v) is 0.216. The molecule has 0 spiro atoms. The highest BCUT2D eigenvalue weighted by Gasteiger charge is 1.93. The predicted octanol–water partition coefficient (Wildman–Crippen LogP) is 0.204. The van der Waals surface area contributed by atoms with Gasteiger partial charge in [-0.3, -0.25) is 5.43 Å². The highest BCUT2D eigenvalue weighted by atomic mass is 16.2. The summed E-state index contributed by atoms with van der Waals surface area (Å²) < 4.78 is 0. The predicted molar refractivity (Wildman–Crippen MR) is 27.4 cm³/mol. The Labute approximate surface area is 47.1 Å². The molecule has 0 unspecified atom stereocenters. The summed E-state index contributed by atoms with van der Waals surface area (Å²) >= 11 is 0. The lowest BCUT2D eigenvalue weighted by atomic mass is 11.0. The molecule has 5 heteroatoms. The first kappa shape index (κ1) is 7.03. The van der Waals surface area contributed by atoms with E-state index in [0.717, 1.165) is 0 Å². The Morgan fingerprint density at radius 1 is 1.75 bits per heavy atom. The van der Waals surface area contributed by atoms with Crippen molar-refractivity contribution in [3.8, 4) is 0 Å². The summed E-state index contributed by atoms with van der Waals surface area (Å²) in [5.41, 5.74) is 8.42. The zero-order chi connectivity index (χ0) is 6.57. The molecule has 2 N–H and O–H groups in total. The summed E-state index contributed by atoms with van der Waals surface area (Å²) in [7, 11) is 3.28. The van der Waals surface area contributed by atoms with Gasteiger partial charge in [-0.15, -0.1) is 0 Å². The maximum absolute atomic E-state index is 10.1. The highest BCUT2D eigenvalue weighted by Crippen LogP contribution is 1.70. The summed E-state index contributed by atoms with van der Waals surface area (Å²) in [6.07, 6.45) is 0. The molecule has 0 aliphatic heterocycles. The third kappa shape index (κ3) is 3.23. The van der Waals surface area contributed by atoms with Crippen molar-refractivity contribution in [2.24, 2.45) is 5.11 Å². The molecule has 0 aromatic heterocycles. The van der Waals surface area contributed by atoms with E-state index in [2.05, 4.69) is 10.5 Å². The SMILES string of the molecule is CN(C)NC(=O)N=N. The minimum atomic E-state index is -0.657. The zero-order valence-corrected chi connectivity index (χ0v) is 4.80. The number of carbonyl (C=O) groups is 1. The molecule has 2 amide bonds. The van der Waals surface area contributed by atoms with Gasteiger partial charge in [0.2, 0.25) is 0 Å². The Hall–Kier alpha value is -0.970. The second-order valence-electron chi connectivity index (χ2n) is 1.42. The Kier molecular flexibility index (Phi) is 2.71. The number of nitrogens with one attached hydrogen (secondary N) is 2. The molecule has 0 aliphatic carbocycles. The maximum Gasteiger partial charge on any atom is 0.373 e. The quantitative estimate of drug-likeness (QED) is 0.379. The number of hydrazine groups is 1. The third-order valence-electron chi connectivity index (χ3n) is 0.421. The summed E-state index contributed by atoms with van der Waals surface area (Å²) in [4.78, 5) is 10.1. The number of carbonyl (C=O) groups excluding carboxylic acids is 1. The number of amides is 2. The third-order valence-corrected chi connectivity index (χ3v) is 0.421. The second-order valence-corrected chi connectivity index (χ2v) is 1.42. The first-order valence-electron chi connectivity index (χ1n) is 2.02. The van der Waals surface area contributed by atoms with Crippen LogP contribution in [-0.2, 0) is 0 Å². The van der Waals surface area contributed by atoms with Crippen LogP contribution in [0.15, 0.2) is 5.11 Å². The molecule has 0 fully saturated rings. The highest BCUT2D eigenvalue weighted by molar-refractivity contribution is 5.73. The van der Waals surface area contributed by atoms with Crippen molar-refractivity contribution >= 4 is 6.03 Å². The van der Waals surface area contributed by atoms with Crippen LogP contribution in [0.5, 0.6) is 0 Å². The standard InChI is InChI=1S/C3H8N4O/c1-7(2)6-3(8)5-4/h4H,1-2H3,(H,6,8). The molecule has 0 radical (unpaired) electrons. The van der Waals surface area contributed by atoms with E-state index < -0.39 is 6.03 Å². The van der Waals surface area contributed by atoms with E-state index in [9.17, 15) is 4.79 Å². The topological polar surface area (TPSA) is 68.6 Å². The molecule has 0 saturated heterocycles. The van der Waals surface area contributed by atoms with Crippen LogP contribution in [0.25, 0.3) is 0 Å². The molecule has 0 atom stereocenters. The number of hydrogen-bond donors (Lipinski definition) is 2. The molecule has 0 saturated carbocycles. The van der Waals surface area contributed by atoms with E-state index >= 15 is 0 Å². The molecule has 0 aliphatic rings. The van der Waals surface area contributed by atoms with Crippen molar-refractivity contribution in [3.05, 3.63) is 0 Å². The first-order valence-corrected chi connectivity index (χ1v) is 2.02. The lowest BCUT2D eigenvalue weighted by Crippen LogP contribution is -2.33. The van der Waals surface area contributed by atoms with Crippen LogP contribution < -0.4 is 5.43 Å². The smallest absolute Gasteiger partial charge is 0.268 e. The van der Waals surface area contributed by atoms with Gasteiger partial charge in [0.15, 0.2) is 0 Å². The van der Waals surface area contributed by atoms with Gasteiger partial charge in [0.1, 0.15) is 0 Å². The Morgan fingerprint density at radius 2 is 2.25 bits per heavy atom. The van der Waals surface area contributed by atoms with Crippen LogP contribution in [0, 0.1) is 5.53 Å². The molecule has 5 nitrogen and oxygen atoms in total. The van der Waals surface area contributed by atoms with Gasteiger partial charge < -0.3 is 0 Å². The zero-order valence-electron chi connectivity index (χ0n) is 4.80. The van der Waals surface area contributed by atoms with Crippen LogP contribution in [0.1, 0.15) is 0 Å². The molecule has 0 rings (SSSR count). The lowest BCUT2D eigenvalue weighted by Gasteiger charge is -2.06. The normalized spacial score (nSPS) is 8.88. The van der Waals surface area contributed by atoms with Gasteiger partial charge in [-0.1, -0.05) is 5.11 Å². The maximum atomic E-state index is 10.1. The second kappa shape index (κ2) is 3.09. The van der Waals surface area contributed by atoms with Gasteiger partial charge in [-0.25, -0.2) is 9.80 Å². The van der Waals surface area contributed by atoms with Crippen LogP contribution >= 0.6 is 0 Å². The van der Waals surface area contributed by atoms with Gasteiger partial charge in [0, 0.05) is 14.1 Å². The first-order chi connectivity index (χ1) is 3.66. The van der Waals surface area contributed by atoms with Crippen molar-refractivity contribution in [3.63, 3.8) is 0 Å². The van der Waals surface area contributed by atoms with Crippen molar-refractivity contribution in [1.82, 2.24) is 10.4 Å². The number of hydrogen-bond acceptors (Lipinski definition) is 3. The minimum Gasteiger partial charge on any atom is -0.268 e. The molecule has 0 heterocycles. The van der Waals surface area contributed by atoms with Gasteiger partial charge in [0.05, 0.1) is 0 Å². The van der Waals surface area contributed by atoms with Crippen LogP contribution in [-0.4, -0.2) is 25.1 Å². The number of nitrogens with zero attached hydrogens (tertiary/aromatic N) is 2. The fourth-order valence-electron chi connectivity index (χ4n) is 0.216. The van der Waals surface area contributed by atoms with Crippen LogP contribution in [0.3, 0.4) is 0 Å². The average Bonchev–Trinajstić information content (AvgIpc) is 1.65. The van der Waals surface area contributed by atoms with Crippen molar-refractivity contribution in [1.29, 1.82) is 5.53 Å². The van der Waals surface area contributed by atoms with E-state index in [1.54, 1.807) is 14.1 Å². The molecular weight excluding hydrogens is 108 g/mol. The van der Waals surface area contributed by atoms with Crippen molar-refractivity contribution < 1.29 is 4.79 Å².